The summed E-state index contributed by atoms with van der Waals surface area (Å²) in [6.45, 7) is 4.67. The fourth-order valence-corrected chi connectivity index (χ4v) is 5.89. The van der Waals surface area contributed by atoms with Crippen LogP contribution in [0.15, 0.2) is 36.5 Å². The van der Waals surface area contributed by atoms with Gasteiger partial charge in [-0.15, -0.1) is 5.10 Å². The molecule has 33 heavy (non-hydrogen) atoms. The molecule has 3 fully saturated rings. The van der Waals surface area contributed by atoms with E-state index in [1.807, 2.05) is 10.7 Å². The number of piperidine rings is 2. The average Bonchev–Trinajstić information content (AvgIpc) is 3.46. The van der Waals surface area contributed by atoms with Crippen molar-refractivity contribution in [1.29, 1.82) is 0 Å². The number of rotatable bonds is 3. The first-order valence-electron chi connectivity index (χ1n) is 12.4. The second-order valence-corrected chi connectivity index (χ2v) is 10.5. The van der Waals surface area contributed by atoms with E-state index in [9.17, 15) is 0 Å². The van der Waals surface area contributed by atoms with Crippen molar-refractivity contribution in [1.82, 2.24) is 29.7 Å². The van der Waals surface area contributed by atoms with E-state index in [0.29, 0.717) is 11.3 Å². The van der Waals surface area contributed by atoms with Crippen molar-refractivity contribution in [2.75, 3.05) is 38.1 Å². The van der Waals surface area contributed by atoms with E-state index < -0.39 is 0 Å². The van der Waals surface area contributed by atoms with Gasteiger partial charge in [-0.25, -0.2) is 9.50 Å². The smallest absolute Gasteiger partial charge is 0.154 e. The predicted octanol–water partition coefficient (Wildman–Crippen LogP) is 4.46. The van der Waals surface area contributed by atoms with Crippen LogP contribution in [-0.2, 0) is 0 Å². The lowest BCUT2D eigenvalue weighted by Gasteiger charge is -2.46. The molecule has 2 saturated heterocycles. The number of benzene rings is 1. The van der Waals surface area contributed by atoms with Gasteiger partial charge in [0.25, 0.3) is 0 Å². The zero-order valence-electron chi connectivity index (χ0n) is 19.3. The molecule has 0 atom stereocenters. The van der Waals surface area contributed by atoms with E-state index in [-0.39, 0.29) is 0 Å². The lowest BCUT2D eigenvalue weighted by atomic mass is 9.71. The Balaban J connectivity index is 1.19. The Labute approximate surface area is 193 Å². The quantitative estimate of drug-likeness (QED) is 0.508. The number of H-pyrrole nitrogens is 1. The molecular weight excluding hydrogens is 410 g/mol. The number of fused-ring (bicyclic) bond motifs is 2. The lowest BCUT2D eigenvalue weighted by Crippen LogP contribution is -2.46. The fourth-order valence-electron chi connectivity index (χ4n) is 5.89. The molecule has 0 radical (unpaired) electrons. The van der Waals surface area contributed by atoms with Crippen LogP contribution in [0.3, 0.4) is 0 Å². The molecule has 3 aromatic heterocycles. The molecule has 7 rings (SSSR count). The largest absolute Gasteiger partial charge is 0.355 e. The van der Waals surface area contributed by atoms with Crippen LogP contribution in [0.5, 0.6) is 0 Å². The van der Waals surface area contributed by atoms with Crippen molar-refractivity contribution in [2.45, 2.75) is 44.4 Å². The Morgan fingerprint density at radius 3 is 2.55 bits per heavy atom. The summed E-state index contributed by atoms with van der Waals surface area (Å²) < 4.78 is 2.02. The molecule has 5 heterocycles. The standard InChI is InChI=1S/C26H31N7/c1-31-12-8-26(9-13-31)10-14-32(15-11-26)24-7-6-23-27-17-22(33(23)30-24)19-4-5-21-20(16-19)25(29-28-21)18-2-3-18/h4-7,16-18H,2-3,8-15H2,1H3,(H,28,29). The van der Waals surface area contributed by atoms with Gasteiger partial charge in [0.2, 0.25) is 0 Å². The third-order valence-corrected chi connectivity index (χ3v) is 8.40. The maximum absolute atomic E-state index is 5.07. The summed E-state index contributed by atoms with van der Waals surface area (Å²) in [5, 5.41) is 14.1. The molecule has 1 N–H and O–H groups in total. The monoisotopic (exact) mass is 441 g/mol. The van der Waals surface area contributed by atoms with Gasteiger partial charge in [0, 0.05) is 30.0 Å². The summed E-state index contributed by atoms with van der Waals surface area (Å²) in [6, 6.07) is 10.8. The fraction of sp³-hybridized carbons (Fsp3) is 0.500. The van der Waals surface area contributed by atoms with Crippen LogP contribution < -0.4 is 4.90 Å². The summed E-state index contributed by atoms with van der Waals surface area (Å²) in [5.41, 5.74) is 5.95. The molecule has 4 aromatic rings. The number of hydrogen-bond acceptors (Lipinski definition) is 5. The first-order chi connectivity index (χ1) is 16.2. The van der Waals surface area contributed by atoms with Crippen LogP contribution in [0, 0.1) is 5.41 Å². The first-order valence-corrected chi connectivity index (χ1v) is 12.4. The highest BCUT2D eigenvalue weighted by molar-refractivity contribution is 5.87. The number of likely N-dealkylation sites (tertiary alicyclic amines) is 1. The van der Waals surface area contributed by atoms with Crippen LogP contribution in [0.4, 0.5) is 5.82 Å². The molecule has 1 aromatic carbocycles. The summed E-state index contributed by atoms with van der Waals surface area (Å²) in [4.78, 5) is 9.59. The van der Waals surface area contributed by atoms with Crippen LogP contribution in [0.25, 0.3) is 27.8 Å². The third kappa shape index (κ3) is 3.32. The molecule has 1 aliphatic carbocycles. The van der Waals surface area contributed by atoms with E-state index >= 15 is 0 Å². The minimum atomic E-state index is 0.548. The maximum Gasteiger partial charge on any atom is 0.154 e. The second kappa shape index (κ2) is 7.29. The number of nitrogens with zero attached hydrogens (tertiary/aromatic N) is 6. The highest BCUT2D eigenvalue weighted by Crippen LogP contribution is 2.43. The Bertz CT molecular complexity index is 1310. The molecule has 0 amide bonds. The Hall–Kier alpha value is -2.93. The molecule has 3 aliphatic rings. The molecule has 1 saturated carbocycles. The topological polar surface area (TPSA) is 65.3 Å². The molecule has 0 unspecified atom stereocenters. The van der Waals surface area contributed by atoms with E-state index in [4.69, 9.17) is 5.10 Å². The van der Waals surface area contributed by atoms with Crippen LogP contribution in [0.1, 0.15) is 50.1 Å². The van der Waals surface area contributed by atoms with Gasteiger partial charge in [0.1, 0.15) is 5.82 Å². The molecule has 170 valence electrons. The number of imidazole rings is 1. The van der Waals surface area contributed by atoms with Crippen molar-refractivity contribution >= 4 is 22.4 Å². The highest BCUT2D eigenvalue weighted by atomic mass is 15.3. The SMILES string of the molecule is CN1CCC2(CC1)CCN(c1ccc3ncc(-c4ccc5[nH]nc(C6CC6)c5c4)n3n1)CC2. The number of anilines is 1. The van der Waals surface area contributed by atoms with E-state index in [1.165, 1.54) is 62.7 Å². The van der Waals surface area contributed by atoms with Crippen LogP contribution in [0.2, 0.25) is 0 Å². The predicted molar refractivity (Wildman–Crippen MR) is 131 cm³/mol. The maximum atomic E-state index is 5.07. The zero-order chi connectivity index (χ0) is 22.0. The van der Waals surface area contributed by atoms with E-state index in [2.05, 4.69) is 62.4 Å². The van der Waals surface area contributed by atoms with Crippen molar-refractivity contribution in [3.63, 3.8) is 0 Å². The number of aromatic amines is 1. The highest BCUT2D eigenvalue weighted by Gasteiger charge is 2.37. The van der Waals surface area contributed by atoms with E-state index in [0.717, 1.165) is 41.3 Å². The molecular formula is C26H31N7. The van der Waals surface area contributed by atoms with Gasteiger partial charge >= 0.3 is 0 Å². The van der Waals surface area contributed by atoms with Crippen molar-refractivity contribution < 1.29 is 0 Å². The average molecular weight is 442 g/mol. The van der Waals surface area contributed by atoms with Gasteiger partial charge in [-0.05, 0) is 88.3 Å². The van der Waals surface area contributed by atoms with Crippen LogP contribution in [-0.4, -0.2) is 62.9 Å². The summed E-state index contributed by atoms with van der Waals surface area (Å²) in [7, 11) is 2.25. The molecule has 1 spiro atoms. The molecule has 7 heteroatoms. The number of aromatic nitrogens is 5. The van der Waals surface area contributed by atoms with Crippen molar-refractivity contribution in [3.8, 4) is 11.3 Å². The van der Waals surface area contributed by atoms with Gasteiger partial charge in [-0.3, -0.25) is 5.10 Å². The third-order valence-electron chi connectivity index (χ3n) is 8.40. The van der Waals surface area contributed by atoms with Crippen molar-refractivity contribution in [3.05, 3.63) is 42.2 Å². The summed E-state index contributed by atoms with van der Waals surface area (Å²) >= 11 is 0. The van der Waals surface area contributed by atoms with Gasteiger partial charge in [0.15, 0.2) is 5.65 Å². The summed E-state index contributed by atoms with van der Waals surface area (Å²) in [6.07, 6.45) is 9.69. The number of hydrogen-bond donors (Lipinski definition) is 1. The minimum absolute atomic E-state index is 0.548. The van der Waals surface area contributed by atoms with Gasteiger partial charge < -0.3 is 9.80 Å². The zero-order valence-corrected chi connectivity index (χ0v) is 19.3. The lowest BCUT2D eigenvalue weighted by molar-refractivity contribution is 0.0943. The van der Waals surface area contributed by atoms with Crippen molar-refractivity contribution in [2.24, 2.45) is 5.41 Å². The second-order valence-electron chi connectivity index (χ2n) is 10.5. The van der Waals surface area contributed by atoms with Gasteiger partial charge in [-0.2, -0.15) is 5.10 Å². The Kier molecular flexibility index (Phi) is 4.31. The number of nitrogens with one attached hydrogen (secondary N) is 1. The van der Waals surface area contributed by atoms with Gasteiger partial charge in [-0.1, -0.05) is 6.07 Å². The summed E-state index contributed by atoms with van der Waals surface area (Å²) in [5.74, 6) is 1.68. The van der Waals surface area contributed by atoms with Gasteiger partial charge in [0.05, 0.1) is 23.1 Å². The molecule has 2 aliphatic heterocycles. The van der Waals surface area contributed by atoms with Crippen LogP contribution >= 0.6 is 0 Å². The molecule has 0 bridgehead atoms. The minimum Gasteiger partial charge on any atom is -0.355 e. The Morgan fingerprint density at radius 1 is 0.970 bits per heavy atom. The normalized spacial score (nSPS) is 21.4. The molecule has 7 nitrogen and oxygen atoms in total. The Morgan fingerprint density at radius 2 is 1.76 bits per heavy atom. The van der Waals surface area contributed by atoms with E-state index in [1.54, 1.807) is 0 Å². The first kappa shape index (κ1) is 19.5.